The summed E-state index contributed by atoms with van der Waals surface area (Å²) in [5, 5.41) is 0. The van der Waals surface area contributed by atoms with Gasteiger partial charge in [0.1, 0.15) is 0 Å². The number of benzene rings is 1. The number of esters is 1. The van der Waals surface area contributed by atoms with Crippen LogP contribution in [0.25, 0.3) is 0 Å². The number of hydrogen-bond donors (Lipinski definition) is 0. The number of carbonyl (C=O) groups excluding carboxylic acids is 1. The molecule has 13 heavy (non-hydrogen) atoms. The summed E-state index contributed by atoms with van der Waals surface area (Å²) >= 11 is 2.20. The molecule has 0 N–H and O–H groups in total. The maximum absolute atomic E-state index is 11.4. The second-order valence-corrected chi connectivity index (χ2v) is 3.80. The lowest BCUT2D eigenvalue weighted by Crippen LogP contribution is -2.07. The van der Waals surface area contributed by atoms with Crippen LogP contribution in [0.2, 0.25) is 0 Å². The molecule has 0 radical (unpaired) electrons. The van der Waals surface area contributed by atoms with E-state index in [1.807, 2.05) is 19.1 Å². The topological polar surface area (TPSA) is 26.3 Å². The highest BCUT2D eigenvalue weighted by atomic mass is 127. The fourth-order valence-electron chi connectivity index (χ4n) is 1.04. The van der Waals surface area contributed by atoms with Gasteiger partial charge in [0.2, 0.25) is 0 Å². The Morgan fingerprint density at radius 1 is 1.54 bits per heavy atom. The Morgan fingerprint density at radius 3 is 2.85 bits per heavy atom. The highest BCUT2D eigenvalue weighted by Crippen LogP contribution is 2.16. The second kappa shape index (κ2) is 4.60. The monoisotopic (exact) mass is 290 g/mol. The summed E-state index contributed by atoms with van der Waals surface area (Å²) in [4.78, 5) is 11.4. The van der Waals surface area contributed by atoms with Crippen molar-refractivity contribution >= 4 is 28.6 Å². The molecule has 0 bridgehead atoms. The van der Waals surface area contributed by atoms with E-state index < -0.39 is 0 Å². The first-order valence-corrected chi connectivity index (χ1v) is 5.17. The molecule has 1 aromatic carbocycles. The quantitative estimate of drug-likeness (QED) is 0.618. The van der Waals surface area contributed by atoms with Crippen molar-refractivity contribution in [1.29, 1.82) is 0 Å². The summed E-state index contributed by atoms with van der Waals surface area (Å²) in [5.41, 5.74) is 1.65. The average Bonchev–Trinajstić information content (AvgIpc) is 2.10. The summed E-state index contributed by atoms with van der Waals surface area (Å²) in [6, 6.07) is 5.62. The zero-order valence-electron chi connectivity index (χ0n) is 7.63. The number of ether oxygens (including phenoxy) is 1. The first-order chi connectivity index (χ1) is 6.16. The molecule has 1 aromatic rings. The molecule has 0 aliphatic rings. The largest absolute Gasteiger partial charge is 0.462 e. The maximum Gasteiger partial charge on any atom is 0.338 e. The van der Waals surface area contributed by atoms with Gasteiger partial charge in [0.15, 0.2) is 0 Å². The first-order valence-electron chi connectivity index (χ1n) is 4.09. The van der Waals surface area contributed by atoms with E-state index in [0.717, 1.165) is 9.13 Å². The van der Waals surface area contributed by atoms with Gasteiger partial charge in [0.05, 0.1) is 12.2 Å². The summed E-state index contributed by atoms with van der Waals surface area (Å²) in [7, 11) is 0. The van der Waals surface area contributed by atoms with Gasteiger partial charge < -0.3 is 4.74 Å². The highest BCUT2D eigenvalue weighted by molar-refractivity contribution is 14.1. The molecule has 1 rings (SSSR count). The van der Waals surface area contributed by atoms with Gasteiger partial charge in [-0.1, -0.05) is 6.07 Å². The molecule has 0 aliphatic carbocycles. The van der Waals surface area contributed by atoms with E-state index in [9.17, 15) is 4.79 Å². The third-order valence-electron chi connectivity index (χ3n) is 1.76. The van der Waals surface area contributed by atoms with E-state index in [1.165, 1.54) is 0 Å². The van der Waals surface area contributed by atoms with Crippen LogP contribution in [-0.2, 0) is 4.74 Å². The standard InChI is InChI=1S/C10H11IO2/c1-3-13-10(12)8-5-4-6-9(11)7(8)2/h4-6H,3H2,1-2H3. The Labute approximate surface area is 91.4 Å². The van der Waals surface area contributed by atoms with Crippen LogP contribution in [0, 0.1) is 10.5 Å². The van der Waals surface area contributed by atoms with Gasteiger partial charge >= 0.3 is 5.97 Å². The Bertz CT molecular complexity index is 321. The minimum Gasteiger partial charge on any atom is -0.462 e. The van der Waals surface area contributed by atoms with Gasteiger partial charge in [-0.3, -0.25) is 0 Å². The van der Waals surface area contributed by atoms with E-state index in [4.69, 9.17) is 4.74 Å². The Hall–Kier alpha value is -0.580. The molecule has 70 valence electrons. The van der Waals surface area contributed by atoms with Crippen molar-refractivity contribution in [2.24, 2.45) is 0 Å². The van der Waals surface area contributed by atoms with Gasteiger partial charge in [-0.25, -0.2) is 4.79 Å². The fourth-order valence-corrected chi connectivity index (χ4v) is 1.54. The zero-order chi connectivity index (χ0) is 9.84. The maximum atomic E-state index is 11.4. The molecule has 0 atom stereocenters. The molecule has 0 amide bonds. The van der Waals surface area contributed by atoms with Crippen molar-refractivity contribution in [2.75, 3.05) is 6.61 Å². The Balaban J connectivity index is 3.01. The average molecular weight is 290 g/mol. The molecule has 0 heterocycles. The van der Waals surface area contributed by atoms with Crippen LogP contribution < -0.4 is 0 Å². The predicted octanol–water partition coefficient (Wildman–Crippen LogP) is 2.78. The summed E-state index contributed by atoms with van der Waals surface area (Å²) in [6.07, 6.45) is 0. The number of carbonyl (C=O) groups is 1. The van der Waals surface area contributed by atoms with E-state index in [0.29, 0.717) is 12.2 Å². The van der Waals surface area contributed by atoms with Crippen LogP contribution in [0.1, 0.15) is 22.8 Å². The third-order valence-corrected chi connectivity index (χ3v) is 2.93. The van der Waals surface area contributed by atoms with Crippen molar-refractivity contribution in [1.82, 2.24) is 0 Å². The van der Waals surface area contributed by atoms with E-state index in [2.05, 4.69) is 22.6 Å². The van der Waals surface area contributed by atoms with Gasteiger partial charge in [0, 0.05) is 3.57 Å². The molecule has 0 unspecified atom stereocenters. The molecule has 0 aromatic heterocycles. The van der Waals surface area contributed by atoms with E-state index in [1.54, 1.807) is 13.0 Å². The zero-order valence-corrected chi connectivity index (χ0v) is 9.79. The lowest BCUT2D eigenvalue weighted by Gasteiger charge is -2.05. The molecular weight excluding hydrogens is 279 g/mol. The van der Waals surface area contributed by atoms with Crippen LogP contribution in [0.5, 0.6) is 0 Å². The van der Waals surface area contributed by atoms with Gasteiger partial charge in [-0.15, -0.1) is 0 Å². The SMILES string of the molecule is CCOC(=O)c1cccc(I)c1C. The minimum atomic E-state index is -0.237. The summed E-state index contributed by atoms with van der Waals surface area (Å²) in [5.74, 6) is -0.237. The van der Waals surface area contributed by atoms with Crippen LogP contribution in [0.4, 0.5) is 0 Å². The van der Waals surface area contributed by atoms with Gasteiger partial charge in [-0.05, 0) is 54.1 Å². The molecule has 0 aliphatic heterocycles. The number of halogens is 1. The third kappa shape index (κ3) is 2.43. The van der Waals surface area contributed by atoms with Crippen molar-refractivity contribution in [3.05, 3.63) is 32.9 Å². The first kappa shape index (κ1) is 10.5. The minimum absolute atomic E-state index is 0.237. The van der Waals surface area contributed by atoms with Crippen LogP contribution in [0.15, 0.2) is 18.2 Å². The molecule has 0 saturated carbocycles. The molecule has 0 spiro atoms. The molecule has 2 nitrogen and oxygen atoms in total. The highest BCUT2D eigenvalue weighted by Gasteiger charge is 2.10. The van der Waals surface area contributed by atoms with Gasteiger partial charge in [0.25, 0.3) is 0 Å². The van der Waals surface area contributed by atoms with Crippen LogP contribution in [-0.4, -0.2) is 12.6 Å². The smallest absolute Gasteiger partial charge is 0.338 e. The number of hydrogen-bond acceptors (Lipinski definition) is 2. The summed E-state index contributed by atoms with van der Waals surface area (Å²) in [6.45, 7) is 4.15. The molecule has 0 fully saturated rings. The lowest BCUT2D eigenvalue weighted by atomic mass is 10.1. The van der Waals surface area contributed by atoms with Crippen molar-refractivity contribution in [3.8, 4) is 0 Å². The Morgan fingerprint density at radius 2 is 2.23 bits per heavy atom. The molecular formula is C10H11IO2. The summed E-state index contributed by atoms with van der Waals surface area (Å²) < 4.78 is 6.01. The Kier molecular flexibility index (Phi) is 3.71. The fraction of sp³-hybridized carbons (Fsp3) is 0.300. The van der Waals surface area contributed by atoms with E-state index >= 15 is 0 Å². The van der Waals surface area contributed by atoms with Crippen molar-refractivity contribution in [3.63, 3.8) is 0 Å². The molecule has 3 heteroatoms. The lowest BCUT2D eigenvalue weighted by molar-refractivity contribution is 0.0525. The number of rotatable bonds is 2. The van der Waals surface area contributed by atoms with Crippen LogP contribution >= 0.6 is 22.6 Å². The second-order valence-electron chi connectivity index (χ2n) is 2.63. The predicted molar refractivity (Wildman–Crippen MR) is 59.9 cm³/mol. The van der Waals surface area contributed by atoms with Crippen LogP contribution in [0.3, 0.4) is 0 Å². The van der Waals surface area contributed by atoms with Crippen molar-refractivity contribution in [2.45, 2.75) is 13.8 Å². The normalized spacial score (nSPS) is 9.77. The van der Waals surface area contributed by atoms with Gasteiger partial charge in [-0.2, -0.15) is 0 Å². The van der Waals surface area contributed by atoms with E-state index in [-0.39, 0.29) is 5.97 Å². The molecule has 0 saturated heterocycles. The van der Waals surface area contributed by atoms with Crippen molar-refractivity contribution < 1.29 is 9.53 Å².